The van der Waals surface area contributed by atoms with E-state index in [-0.39, 0.29) is 12.5 Å². The van der Waals surface area contributed by atoms with E-state index >= 15 is 0 Å². The van der Waals surface area contributed by atoms with Crippen molar-refractivity contribution in [1.82, 2.24) is 5.32 Å². The topological polar surface area (TPSA) is 62.5 Å². The summed E-state index contributed by atoms with van der Waals surface area (Å²) in [6.07, 6.45) is 0.934. The minimum Gasteiger partial charge on any atom is -0.469 e. The summed E-state index contributed by atoms with van der Waals surface area (Å²) in [5, 5.41) is 11.5. The number of rotatable bonds is 3. The molecule has 1 rings (SSSR count). The minimum absolute atomic E-state index is 0.216. The van der Waals surface area contributed by atoms with Crippen LogP contribution in [0.5, 0.6) is 0 Å². The maximum Gasteiger partial charge on any atom is 0.254 e. The molecular formula is C9H13NO3. The van der Waals surface area contributed by atoms with Gasteiger partial charge < -0.3 is 14.8 Å². The van der Waals surface area contributed by atoms with Crippen LogP contribution in [0.4, 0.5) is 0 Å². The Morgan fingerprint density at radius 1 is 1.77 bits per heavy atom. The maximum atomic E-state index is 11.3. The highest BCUT2D eigenvalue weighted by atomic mass is 16.3. The van der Waals surface area contributed by atoms with E-state index in [0.29, 0.717) is 11.3 Å². The molecule has 4 heteroatoms. The van der Waals surface area contributed by atoms with E-state index in [0.717, 1.165) is 0 Å². The van der Waals surface area contributed by atoms with Crippen molar-refractivity contribution in [2.45, 2.75) is 20.0 Å². The molecule has 4 nitrogen and oxygen atoms in total. The quantitative estimate of drug-likeness (QED) is 0.725. The Kier molecular flexibility index (Phi) is 3.08. The molecule has 1 aromatic rings. The number of nitrogens with one attached hydrogen (secondary N) is 1. The number of hydrogen-bond donors (Lipinski definition) is 2. The number of amides is 1. The third kappa shape index (κ3) is 2.59. The van der Waals surface area contributed by atoms with Gasteiger partial charge in [-0.25, -0.2) is 0 Å². The summed E-state index contributed by atoms with van der Waals surface area (Å²) in [5.41, 5.74) is 0.514. The van der Waals surface area contributed by atoms with Gasteiger partial charge in [0.05, 0.1) is 17.9 Å². The lowest BCUT2D eigenvalue weighted by molar-refractivity contribution is 0.0922. The van der Waals surface area contributed by atoms with E-state index in [1.165, 1.54) is 6.26 Å². The largest absolute Gasteiger partial charge is 0.469 e. The van der Waals surface area contributed by atoms with Gasteiger partial charge in [-0.05, 0) is 19.9 Å². The smallest absolute Gasteiger partial charge is 0.254 e. The maximum absolute atomic E-state index is 11.3. The zero-order chi connectivity index (χ0) is 9.84. The highest BCUT2D eigenvalue weighted by Crippen LogP contribution is 2.07. The summed E-state index contributed by atoms with van der Waals surface area (Å²) in [7, 11) is 0. The molecule has 0 fully saturated rings. The van der Waals surface area contributed by atoms with Crippen molar-refractivity contribution in [3.05, 3.63) is 23.7 Å². The standard InChI is InChI=1S/C9H13NO3/c1-6(11)5-10-9(12)8-3-4-13-7(8)2/h3-4,6,11H,5H2,1-2H3,(H,10,12)/t6-/m1/s1. The van der Waals surface area contributed by atoms with Crippen LogP contribution in [0.2, 0.25) is 0 Å². The zero-order valence-electron chi connectivity index (χ0n) is 7.70. The molecule has 1 heterocycles. The number of aliphatic hydroxyl groups excluding tert-OH is 1. The Morgan fingerprint density at radius 2 is 2.46 bits per heavy atom. The average molecular weight is 183 g/mol. The van der Waals surface area contributed by atoms with Gasteiger partial charge in [-0.3, -0.25) is 4.79 Å². The summed E-state index contributed by atoms with van der Waals surface area (Å²) in [5.74, 6) is 0.371. The highest BCUT2D eigenvalue weighted by molar-refractivity contribution is 5.95. The van der Waals surface area contributed by atoms with Crippen LogP contribution < -0.4 is 5.32 Å². The lowest BCUT2D eigenvalue weighted by atomic mass is 10.2. The molecular weight excluding hydrogens is 170 g/mol. The Hall–Kier alpha value is -1.29. The Morgan fingerprint density at radius 3 is 2.92 bits per heavy atom. The van der Waals surface area contributed by atoms with Gasteiger partial charge in [-0.15, -0.1) is 0 Å². The Labute approximate surface area is 76.6 Å². The molecule has 0 saturated carbocycles. The second kappa shape index (κ2) is 4.09. The molecule has 0 aromatic carbocycles. The molecule has 2 N–H and O–H groups in total. The molecule has 13 heavy (non-hydrogen) atoms. The number of furan rings is 1. The van der Waals surface area contributed by atoms with Crippen LogP contribution in [0.25, 0.3) is 0 Å². The molecule has 1 atom stereocenters. The van der Waals surface area contributed by atoms with Gasteiger partial charge in [0.25, 0.3) is 5.91 Å². The predicted octanol–water partition coefficient (Wildman–Crippen LogP) is 0.699. The normalized spacial score (nSPS) is 12.5. The molecule has 1 amide bonds. The fourth-order valence-corrected chi connectivity index (χ4v) is 0.956. The van der Waals surface area contributed by atoms with Gasteiger partial charge in [0, 0.05) is 6.54 Å². The van der Waals surface area contributed by atoms with Crippen molar-refractivity contribution in [2.24, 2.45) is 0 Å². The van der Waals surface area contributed by atoms with Crippen LogP contribution in [0.3, 0.4) is 0 Å². The first-order valence-corrected chi connectivity index (χ1v) is 4.11. The number of aliphatic hydroxyl groups is 1. The molecule has 0 aliphatic carbocycles. The van der Waals surface area contributed by atoms with E-state index < -0.39 is 6.10 Å². The van der Waals surface area contributed by atoms with Gasteiger partial charge in [-0.2, -0.15) is 0 Å². The summed E-state index contributed by atoms with van der Waals surface area (Å²) < 4.78 is 4.97. The van der Waals surface area contributed by atoms with Gasteiger partial charge in [0.1, 0.15) is 5.76 Å². The lowest BCUT2D eigenvalue weighted by Gasteiger charge is -2.05. The van der Waals surface area contributed by atoms with Crippen LogP contribution in [-0.2, 0) is 0 Å². The van der Waals surface area contributed by atoms with Crippen LogP contribution in [0.15, 0.2) is 16.7 Å². The first-order chi connectivity index (χ1) is 6.11. The lowest BCUT2D eigenvalue weighted by Crippen LogP contribution is -2.30. The summed E-state index contributed by atoms with van der Waals surface area (Å²) in [6, 6.07) is 1.60. The van der Waals surface area contributed by atoms with E-state index in [1.807, 2.05) is 0 Å². The van der Waals surface area contributed by atoms with Gasteiger partial charge in [0.15, 0.2) is 0 Å². The fraction of sp³-hybridized carbons (Fsp3) is 0.444. The van der Waals surface area contributed by atoms with E-state index in [1.54, 1.807) is 19.9 Å². The van der Waals surface area contributed by atoms with Crippen LogP contribution in [-0.4, -0.2) is 23.7 Å². The Bertz CT molecular complexity index is 291. The number of carbonyl (C=O) groups is 1. The molecule has 0 aliphatic rings. The zero-order valence-corrected chi connectivity index (χ0v) is 7.70. The molecule has 0 bridgehead atoms. The molecule has 0 radical (unpaired) electrons. The summed E-state index contributed by atoms with van der Waals surface area (Å²) in [6.45, 7) is 3.59. The minimum atomic E-state index is -0.531. The van der Waals surface area contributed by atoms with Crippen LogP contribution in [0, 0.1) is 6.92 Å². The molecule has 0 aliphatic heterocycles. The first kappa shape index (κ1) is 9.80. The van der Waals surface area contributed by atoms with E-state index in [4.69, 9.17) is 9.52 Å². The first-order valence-electron chi connectivity index (χ1n) is 4.11. The predicted molar refractivity (Wildman–Crippen MR) is 47.5 cm³/mol. The molecule has 1 aromatic heterocycles. The van der Waals surface area contributed by atoms with Crippen molar-refractivity contribution in [1.29, 1.82) is 0 Å². The van der Waals surface area contributed by atoms with E-state index in [2.05, 4.69) is 5.32 Å². The second-order valence-electron chi connectivity index (χ2n) is 2.95. The van der Waals surface area contributed by atoms with Gasteiger partial charge in [-0.1, -0.05) is 0 Å². The monoisotopic (exact) mass is 183 g/mol. The van der Waals surface area contributed by atoms with Gasteiger partial charge in [0.2, 0.25) is 0 Å². The van der Waals surface area contributed by atoms with Crippen molar-refractivity contribution in [3.8, 4) is 0 Å². The fourth-order valence-electron chi connectivity index (χ4n) is 0.956. The molecule has 0 spiro atoms. The SMILES string of the molecule is Cc1occc1C(=O)NC[C@@H](C)O. The second-order valence-corrected chi connectivity index (χ2v) is 2.95. The van der Waals surface area contributed by atoms with Crippen LogP contribution >= 0.6 is 0 Å². The summed E-state index contributed by atoms with van der Waals surface area (Å²) in [4.78, 5) is 11.3. The highest BCUT2D eigenvalue weighted by Gasteiger charge is 2.10. The third-order valence-corrected chi connectivity index (χ3v) is 1.66. The van der Waals surface area contributed by atoms with Crippen LogP contribution in [0.1, 0.15) is 23.0 Å². The summed E-state index contributed by atoms with van der Waals surface area (Å²) >= 11 is 0. The van der Waals surface area contributed by atoms with Crippen molar-refractivity contribution < 1.29 is 14.3 Å². The number of aryl methyl sites for hydroxylation is 1. The van der Waals surface area contributed by atoms with E-state index in [9.17, 15) is 4.79 Å². The molecule has 0 unspecified atom stereocenters. The molecule has 0 saturated heterocycles. The van der Waals surface area contributed by atoms with Crippen molar-refractivity contribution in [2.75, 3.05) is 6.54 Å². The number of carbonyl (C=O) groups excluding carboxylic acids is 1. The molecule has 72 valence electrons. The average Bonchev–Trinajstić information content (AvgIpc) is 2.47. The number of hydrogen-bond acceptors (Lipinski definition) is 3. The Balaban J connectivity index is 2.54. The van der Waals surface area contributed by atoms with Crippen molar-refractivity contribution in [3.63, 3.8) is 0 Å². The third-order valence-electron chi connectivity index (χ3n) is 1.66. The van der Waals surface area contributed by atoms with Gasteiger partial charge >= 0.3 is 0 Å². The van der Waals surface area contributed by atoms with Crippen molar-refractivity contribution >= 4 is 5.91 Å².